The molecule has 1 fully saturated rings. The summed E-state index contributed by atoms with van der Waals surface area (Å²) in [5.41, 5.74) is 11.5. The Kier molecular flexibility index (Phi) is 10.6. The third kappa shape index (κ3) is 8.34. The van der Waals surface area contributed by atoms with Crippen LogP contribution >= 0.6 is 0 Å². The number of hydrogen-bond donors (Lipinski definition) is 0. The van der Waals surface area contributed by atoms with Gasteiger partial charge < -0.3 is 0 Å². The minimum absolute atomic E-state index is 0.167. The molecule has 0 heterocycles. The van der Waals surface area contributed by atoms with Gasteiger partial charge in [0.2, 0.25) is 0 Å². The molecule has 0 amide bonds. The molecule has 38 heavy (non-hydrogen) atoms. The second-order valence-electron chi connectivity index (χ2n) is 13.8. The van der Waals surface area contributed by atoms with Crippen molar-refractivity contribution in [3.8, 4) is 11.1 Å². The zero-order valence-corrected chi connectivity index (χ0v) is 28.3. The van der Waals surface area contributed by atoms with Crippen molar-refractivity contribution in [1.82, 2.24) is 0 Å². The molecule has 1 atom stereocenters. The molecule has 0 bridgehead atoms. The van der Waals surface area contributed by atoms with E-state index in [0.29, 0.717) is 11.8 Å². The minimum atomic E-state index is 0.167. The van der Waals surface area contributed by atoms with Crippen molar-refractivity contribution in [2.24, 2.45) is 11.8 Å². The van der Waals surface area contributed by atoms with Crippen LogP contribution in [0.3, 0.4) is 0 Å². The van der Waals surface area contributed by atoms with Gasteiger partial charge >= 0.3 is 59.5 Å². The summed E-state index contributed by atoms with van der Waals surface area (Å²) in [6.07, 6.45) is 14.0. The molecule has 5 rings (SSSR count). The Morgan fingerprint density at radius 1 is 0.868 bits per heavy atom. The molecule has 2 aromatic rings. The Morgan fingerprint density at radius 3 is 1.95 bits per heavy atom. The van der Waals surface area contributed by atoms with Gasteiger partial charge in [0.25, 0.3) is 0 Å². The maximum absolute atomic E-state index is 3.67. The van der Waals surface area contributed by atoms with Gasteiger partial charge in [-0.1, -0.05) is 105 Å². The molecule has 1 unspecified atom stereocenters. The van der Waals surface area contributed by atoms with E-state index in [1.54, 1.807) is 27.4 Å². The van der Waals surface area contributed by atoms with Gasteiger partial charge in [0.05, 0.1) is 0 Å². The summed E-state index contributed by atoms with van der Waals surface area (Å²) in [6, 6.07) is 15.2. The van der Waals surface area contributed by atoms with Crippen LogP contribution < -0.4 is 0 Å². The van der Waals surface area contributed by atoms with E-state index >= 15 is 0 Å². The topological polar surface area (TPSA) is 0 Å². The van der Waals surface area contributed by atoms with Crippen molar-refractivity contribution in [1.29, 1.82) is 0 Å². The maximum atomic E-state index is 3.67. The van der Waals surface area contributed by atoms with E-state index in [2.05, 4.69) is 118 Å². The molecule has 0 saturated heterocycles. The molecule has 0 spiro atoms. The van der Waals surface area contributed by atoms with Crippen LogP contribution in [0, 0.1) is 24.0 Å². The van der Waals surface area contributed by atoms with Crippen LogP contribution in [-0.4, -0.2) is 3.21 Å². The third-order valence-corrected chi connectivity index (χ3v) is 9.08. The van der Waals surface area contributed by atoms with E-state index in [-0.39, 0.29) is 10.8 Å². The Hall–Kier alpha value is -1.33. The molecule has 0 N–H and O–H groups in total. The molecule has 0 radical (unpaired) electrons. The van der Waals surface area contributed by atoms with Crippen LogP contribution in [-0.2, 0) is 41.5 Å². The zero-order valence-electron chi connectivity index (χ0n) is 25.9. The molecule has 0 aliphatic heterocycles. The fourth-order valence-corrected chi connectivity index (χ4v) is 6.36. The van der Waals surface area contributed by atoms with Crippen molar-refractivity contribution in [2.75, 3.05) is 0 Å². The van der Waals surface area contributed by atoms with Gasteiger partial charge in [-0.05, 0) is 28.4 Å². The summed E-state index contributed by atoms with van der Waals surface area (Å²) in [5.74, 6) is 1.20. The average Bonchev–Trinajstić information content (AvgIpc) is 3.37. The molecule has 3 aliphatic carbocycles. The summed E-state index contributed by atoms with van der Waals surface area (Å²) in [4.78, 5) is 0. The first-order chi connectivity index (χ1) is 17.7. The first-order valence-electron chi connectivity index (χ1n) is 14.7. The number of benzene rings is 2. The van der Waals surface area contributed by atoms with E-state index < -0.39 is 0 Å². The van der Waals surface area contributed by atoms with Crippen molar-refractivity contribution in [3.63, 3.8) is 0 Å². The first-order valence-corrected chi connectivity index (χ1v) is 16.0. The molecule has 0 nitrogen and oxygen atoms in total. The standard InChI is InChI=1S/C21H25.C10H15.C6H10.Zr/c1-20(2,3)16-7-9-18-14(12-16)11-15-13-17(21(4,5)6)8-10-19(15)18;1-7(2)10-6-8(3)5-9(10)4;1-2-4-6-5-3-1;/h7-10,12H,11H2,1-6H3;6-8H,1-4H3;1-5H2;/q2*-1;;+2. The Labute approximate surface area is 249 Å². The summed E-state index contributed by atoms with van der Waals surface area (Å²) in [7, 11) is 0. The Morgan fingerprint density at radius 2 is 1.50 bits per heavy atom. The third-order valence-electron chi connectivity index (χ3n) is 7.85. The fraction of sp³-hybridized carbons (Fsp3) is 0.541. The molecular weight excluding hydrogens is 536 g/mol. The van der Waals surface area contributed by atoms with Crippen LogP contribution in [0.15, 0.2) is 47.6 Å². The van der Waals surface area contributed by atoms with Gasteiger partial charge in [0.15, 0.2) is 0 Å². The molecule has 0 aromatic heterocycles. The van der Waals surface area contributed by atoms with Crippen LogP contribution in [0.25, 0.3) is 11.1 Å². The van der Waals surface area contributed by atoms with Crippen molar-refractivity contribution in [2.45, 2.75) is 119 Å². The van der Waals surface area contributed by atoms with Gasteiger partial charge in [-0.3, -0.25) is 6.08 Å². The number of allylic oxidation sites excluding steroid dienone is 4. The normalized spacial score (nSPS) is 18.6. The molecule has 3 aliphatic rings. The number of hydrogen-bond acceptors (Lipinski definition) is 0. The predicted molar refractivity (Wildman–Crippen MR) is 164 cm³/mol. The van der Waals surface area contributed by atoms with Crippen molar-refractivity contribution >= 4 is 3.21 Å². The van der Waals surface area contributed by atoms with E-state index in [4.69, 9.17) is 0 Å². The van der Waals surface area contributed by atoms with E-state index in [9.17, 15) is 0 Å². The quantitative estimate of drug-likeness (QED) is 0.249. The van der Waals surface area contributed by atoms with Crippen LogP contribution in [0.1, 0.15) is 124 Å². The van der Waals surface area contributed by atoms with Crippen LogP contribution in [0.2, 0.25) is 0 Å². The molecule has 202 valence electrons. The van der Waals surface area contributed by atoms with Gasteiger partial charge in [-0.15, -0.1) is 11.1 Å². The van der Waals surface area contributed by atoms with Gasteiger partial charge in [-0.25, -0.2) is 5.57 Å². The second kappa shape index (κ2) is 12.9. The van der Waals surface area contributed by atoms with E-state index in [1.807, 2.05) is 0 Å². The monoisotopic (exact) mass is 584 g/mol. The summed E-state index contributed by atoms with van der Waals surface area (Å²) in [5, 5.41) is 0. The summed E-state index contributed by atoms with van der Waals surface area (Å²) in [6.45, 7) is 22.4. The Bertz CT molecular complexity index is 1120. The van der Waals surface area contributed by atoms with E-state index in [1.165, 1.54) is 76.6 Å². The molecule has 2 aromatic carbocycles. The molecule has 1 saturated carbocycles. The van der Waals surface area contributed by atoms with Crippen molar-refractivity contribution < 1.29 is 24.2 Å². The number of fused-ring (bicyclic) bond motifs is 3. The van der Waals surface area contributed by atoms with Gasteiger partial charge in [0.1, 0.15) is 0 Å². The van der Waals surface area contributed by atoms with Crippen molar-refractivity contribution in [3.05, 3.63) is 82.0 Å². The van der Waals surface area contributed by atoms with E-state index in [0.717, 1.165) is 6.42 Å². The fourth-order valence-electron chi connectivity index (χ4n) is 5.49. The zero-order chi connectivity index (χ0) is 28.3. The summed E-state index contributed by atoms with van der Waals surface area (Å²) >= 11 is 1.69. The van der Waals surface area contributed by atoms with Crippen LogP contribution in [0.5, 0.6) is 0 Å². The van der Waals surface area contributed by atoms with Crippen LogP contribution in [0.4, 0.5) is 0 Å². The first kappa shape index (κ1) is 31.2. The Balaban J connectivity index is 0.000000194. The second-order valence-corrected chi connectivity index (χ2v) is 15.5. The summed E-state index contributed by atoms with van der Waals surface area (Å²) < 4.78 is 1.80. The van der Waals surface area contributed by atoms with Gasteiger partial charge in [0, 0.05) is 0 Å². The molecular formula is C37H50Zr. The molecule has 1 heteroatoms. The van der Waals surface area contributed by atoms with Gasteiger partial charge in [-0.2, -0.15) is 35.4 Å². The average molecular weight is 586 g/mol. The number of rotatable bonds is 1. The SMILES string of the molecule is CC(C)(C)c1[c-]c2c(cc1)-c1ccc(C(C)(C)C)cc1C2.CC1=[C-]C(C)C=C1C(C)C.[Zr+2]=[C]1CCCCC1. The predicted octanol–water partition coefficient (Wildman–Crippen LogP) is 10.3.